The first kappa shape index (κ1) is 17.0. The van der Waals surface area contributed by atoms with Gasteiger partial charge in [-0.2, -0.15) is 13.2 Å². The Kier molecular flexibility index (Phi) is 5.07. The molecule has 3 amide bonds. The van der Waals surface area contributed by atoms with E-state index in [9.17, 15) is 22.8 Å². The van der Waals surface area contributed by atoms with Gasteiger partial charge in [0.1, 0.15) is 12.6 Å². The Morgan fingerprint density at radius 2 is 2.09 bits per heavy atom. The maximum absolute atomic E-state index is 12.3. The van der Waals surface area contributed by atoms with Gasteiger partial charge in [-0.1, -0.05) is 0 Å². The van der Waals surface area contributed by atoms with E-state index in [0.29, 0.717) is 4.90 Å². The Morgan fingerprint density at radius 1 is 1.43 bits per heavy atom. The number of carbonyl (C=O) groups excluding carboxylic acids is 2. The molecule has 23 heavy (non-hydrogen) atoms. The summed E-state index contributed by atoms with van der Waals surface area (Å²) < 4.78 is 37.0. The third kappa shape index (κ3) is 4.83. The summed E-state index contributed by atoms with van der Waals surface area (Å²) in [6.07, 6.45) is -1.11. The number of nitrogens with one attached hydrogen (secondary N) is 2. The van der Waals surface area contributed by atoms with Crippen LogP contribution in [0, 0.1) is 0 Å². The number of rotatable bonds is 4. The minimum absolute atomic E-state index is 0.0246. The zero-order valence-electron chi connectivity index (χ0n) is 12.4. The minimum atomic E-state index is -4.44. The highest BCUT2D eigenvalue weighted by molar-refractivity contribution is 5.88. The predicted molar refractivity (Wildman–Crippen MR) is 75.4 cm³/mol. The molecule has 0 saturated carbocycles. The third-order valence-corrected chi connectivity index (χ3v) is 3.53. The quantitative estimate of drug-likeness (QED) is 0.881. The Bertz CT molecular complexity index is 565. The van der Waals surface area contributed by atoms with E-state index >= 15 is 0 Å². The number of halogens is 3. The molecule has 0 bridgehead atoms. The summed E-state index contributed by atoms with van der Waals surface area (Å²) in [5, 5.41) is 5.06. The fraction of sp³-hybridized carbons (Fsp3) is 0.500. The van der Waals surface area contributed by atoms with Crippen molar-refractivity contribution in [2.75, 3.05) is 13.1 Å². The Labute approximate surface area is 131 Å². The van der Waals surface area contributed by atoms with Crippen molar-refractivity contribution in [2.45, 2.75) is 31.6 Å². The summed E-state index contributed by atoms with van der Waals surface area (Å²) in [5.41, 5.74) is 0.826. The topological polar surface area (TPSA) is 74.3 Å². The number of aromatic nitrogens is 1. The summed E-state index contributed by atoms with van der Waals surface area (Å²) in [4.78, 5) is 28.3. The summed E-state index contributed by atoms with van der Waals surface area (Å²) in [6, 6.07) is 1.62. The van der Waals surface area contributed by atoms with Gasteiger partial charge in [-0.25, -0.2) is 4.79 Å². The van der Waals surface area contributed by atoms with Crippen LogP contribution in [0.5, 0.6) is 0 Å². The number of alkyl halides is 3. The van der Waals surface area contributed by atoms with Crippen LogP contribution in [-0.2, 0) is 4.79 Å². The first-order valence-corrected chi connectivity index (χ1v) is 7.09. The molecule has 0 spiro atoms. The molecule has 2 N–H and O–H groups in total. The lowest BCUT2D eigenvalue weighted by Gasteiger charge is -2.19. The summed E-state index contributed by atoms with van der Waals surface area (Å²) >= 11 is 0. The van der Waals surface area contributed by atoms with Crippen molar-refractivity contribution in [1.29, 1.82) is 0 Å². The fourth-order valence-corrected chi connectivity index (χ4v) is 2.38. The second-order valence-electron chi connectivity index (χ2n) is 5.34. The molecule has 1 aliphatic rings. The number of carbonyl (C=O) groups is 2. The second-order valence-corrected chi connectivity index (χ2v) is 5.34. The van der Waals surface area contributed by atoms with Crippen molar-refractivity contribution >= 4 is 11.9 Å². The van der Waals surface area contributed by atoms with Crippen molar-refractivity contribution in [3.63, 3.8) is 0 Å². The number of amides is 3. The van der Waals surface area contributed by atoms with Crippen LogP contribution in [0.15, 0.2) is 24.5 Å². The zero-order chi connectivity index (χ0) is 17.0. The maximum atomic E-state index is 12.3. The molecule has 6 nitrogen and oxygen atoms in total. The van der Waals surface area contributed by atoms with Crippen molar-refractivity contribution in [3.05, 3.63) is 30.1 Å². The van der Waals surface area contributed by atoms with E-state index in [4.69, 9.17) is 0 Å². The molecule has 1 aromatic rings. The van der Waals surface area contributed by atoms with E-state index in [0.717, 1.165) is 5.56 Å². The van der Waals surface area contributed by atoms with Gasteiger partial charge in [0, 0.05) is 18.9 Å². The van der Waals surface area contributed by atoms with Crippen molar-refractivity contribution in [3.8, 4) is 0 Å². The molecule has 0 unspecified atom stereocenters. The molecular weight excluding hydrogens is 313 g/mol. The molecule has 2 heterocycles. The molecule has 1 aromatic heterocycles. The normalized spacial score (nSPS) is 19.6. The third-order valence-electron chi connectivity index (χ3n) is 3.53. The average molecular weight is 330 g/mol. The molecule has 1 aliphatic heterocycles. The van der Waals surface area contributed by atoms with Gasteiger partial charge in [0.2, 0.25) is 5.91 Å². The fourth-order valence-electron chi connectivity index (χ4n) is 2.38. The van der Waals surface area contributed by atoms with Gasteiger partial charge in [-0.05, 0) is 31.0 Å². The van der Waals surface area contributed by atoms with Crippen LogP contribution < -0.4 is 10.6 Å². The van der Waals surface area contributed by atoms with Gasteiger partial charge in [0.15, 0.2) is 0 Å². The number of hydrogen-bond acceptors (Lipinski definition) is 3. The molecule has 9 heteroatoms. The highest BCUT2D eigenvalue weighted by atomic mass is 19.4. The standard InChI is InChI=1S/C14H17F3N4O2/c1-9(10-2-5-18-6-3-10)19-13(23)20-11-4-7-21(12(11)22)8-14(15,16)17/h2-3,5-6,9,11H,4,7-8H2,1H3,(H2,19,20,23)/t9-,11-/m1/s1. The van der Waals surface area contributed by atoms with Crippen molar-refractivity contribution < 1.29 is 22.8 Å². The number of likely N-dealkylation sites (tertiary alicyclic amines) is 1. The summed E-state index contributed by atoms with van der Waals surface area (Å²) in [6.45, 7) is 0.434. The second kappa shape index (κ2) is 6.84. The lowest BCUT2D eigenvalue weighted by Crippen LogP contribution is -2.47. The monoisotopic (exact) mass is 330 g/mol. The zero-order valence-corrected chi connectivity index (χ0v) is 12.4. The van der Waals surface area contributed by atoms with Crippen LogP contribution in [0.4, 0.5) is 18.0 Å². The first-order valence-electron chi connectivity index (χ1n) is 7.09. The highest BCUT2D eigenvalue weighted by Crippen LogP contribution is 2.21. The van der Waals surface area contributed by atoms with Crippen LogP contribution in [0.3, 0.4) is 0 Å². The van der Waals surface area contributed by atoms with Crippen LogP contribution in [0.2, 0.25) is 0 Å². The average Bonchev–Trinajstić information content (AvgIpc) is 2.79. The van der Waals surface area contributed by atoms with E-state index in [1.165, 1.54) is 0 Å². The van der Waals surface area contributed by atoms with Crippen LogP contribution in [-0.4, -0.2) is 47.1 Å². The maximum Gasteiger partial charge on any atom is 0.406 e. The Balaban J connectivity index is 1.85. The highest BCUT2D eigenvalue weighted by Gasteiger charge is 2.39. The van der Waals surface area contributed by atoms with Crippen LogP contribution in [0.25, 0.3) is 0 Å². The molecule has 1 saturated heterocycles. The van der Waals surface area contributed by atoms with E-state index in [2.05, 4.69) is 15.6 Å². The van der Waals surface area contributed by atoms with Gasteiger partial charge in [-0.15, -0.1) is 0 Å². The molecule has 1 fully saturated rings. The predicted octanol–water partition coefficient (Wildman–Crippen LogP) is 1.60. The smallest absolute Gasteiger partial charge is 0.332 e. The number of urea groups is 1. The summed E-state index contributed by atoms with van der Waals surface area (Å²) in [5.74, 6) is -0.714. The van der Waals surface area contributed by atoms with Gasteiger partial charge in [0.05, 0.1) is 6.04 Å². The SMILES string of the molecule is C[C@@H](NC(=O)N[C@@H]1CCN(CC(F)(F)F)C1=O)c1ccncc1. The molecule has 126 valence electrons. The number of nitrogens with zero attached hydrogens (tertiary/aromatic N) is 2. The largest absolute Gasteiger partial charge is 0.406 e. The van der Waals surface area contributed by atoms with Crippen LogP contribution in [0.1, 0.15) is 24.9 Å². The van der Waals surface area contributed by atoms with Crippen molar-refractivity contribution in [1.82, 2.24) is 20.5 Å². The Morgan fingerprint density at radius 3 is 2.70 bits per heavy atom. The van der Waals surface area contributed by atoms with Gasteiger partial charge < -0.3 is 15.5 Å². The first-order chi connectivity index (χ1) is 10.8. The number of pyridine rings is 1. The molecule has 0 aromatic carbocycles. The van der Waals surface area contributed by atoms with E-state index < -0.39 is 30.7 Å². The molecule has 0 radical (unpaired) electrons. The van der Waals surface area contributed by atoms with Gasteiger partial charge in [-0.3, -0.25) is 9.78 Å². The Hall–Kier alpha value is -2.32. The minimum Gasteiger partial charge on any atom is -0.332 e. The van der Waals surface area contributed by atoms with E-state index in [1.54, 1.807) is 31.5 Å². The van der Waals surface area contributed by atoms with E-state index in [-0.39, 0.29) is 19.0 Å². The van der Waals surface area contributed by atoms with Gasteiger partial charge in [0.25, 0.3) is 0 Å². The van der Waals surface area contributed by atoms with Crippen molar-refractivity contribution in [2.24, 2.45) is 0 Å². The lowest BCUT2D eigenvalue weighted by atomic mass is 10.1. The van der Waals surface area contributed by atoms with Gasteiger partial charge >= 0.3 is 12.2 Å². The number of hydrogen-bond donors (Lipinski definition) is 2. The molecule has 2 atom stereocenters. The molecule has 2 rings (SSSR count). The summed E-state index contributed by atoms with van der Waals surface area (Å²) in [7, 11) is 0. The van der Waals surface area contributed by atoms with Crippen LogP contribution >= 0.6 is 0 Å². The lowest BCUT2D eigenvalue weighted by molar-refractivity contribution is -0.157. The molecular formula is C14H17F3N4O2. The van der Waals surface area contributed by atoms with E-state index in [1.807, 2.05) is 0 Å². The molecule has 0 aliphatic carbocycles.